The molecular formula is C10H17N3O2. The molecule has 15 heavy (non-hydrogen) atoms. The molecule has 1 rings (SSSR count). The zero-order valence-corrected chi connectivity index (χ0v) is 9.39. The molecular weight excluding hydrogens is 194 g/mol. The van der Waals surface area contributed by atoms with Gasteiger partial charge in [-0.3, -0.25) is 9.59 Å². The molecule has 1 aliphatic heterocycles. The van der Waals surface area contributed by atoms with Crippen LogP contribution in [0.5, 0.6) is 0 Å². The van der Waals surface area contributed by atoms with E-state index in [-0.39, 0.29) is 18.4 Å². The smallest absolute Gasteiger partial charge is 0.247 e. The number of nitrogens with one attached hydrogen (secondary N) is 2. The van der Waals surface area contributed by atoms with Crippen molar-refractivity contribution in [2.24, 2.45) is 0 Å². The van der Waals surface area contributed by atoms with Gasteiger partial charge in [-0.05, 0) is 12.5 Å². The Balaban J connectivity index is 2.39. The van der Waals surface area contributed by atoms with Gasteiger partial charge < -0.3 is 15.5 Å². The Kier molecular flexibility index (Phi) is 3.85. The molecule has 2 N–H and O–H groups in total. The van der Waals surface area contributed by atoms with Crippen molar-refractivity contribution in [3.05, 3.63) is 11.1 Å². The fourth-order valence-corrected chi connectivity index (χ4v) is 1.12. The normalized spacial score (nSPS) is 14.2. The molecule has 1 saturated heterocycles. The summed E-state index contributed by atoms with van der Waals surface area (Å²) in [5.74, 6) is -0.255. The number of nitrogens with zero attached hydrogens (tertiary/aromatic N) is 1. The van der Waals surface area contributed by atoms with Crippen LogP contribution in [0.3, 0.4) is 0 Å². The summed E-state index contributed by atoms with van der Waals surface area (Å²) >= 11 is 0. The van der Waals surface area contributed by atoms with Crippen LogP contribution in [0, 0.1) is 0 Å². The SMILES string of the molecule is CC(C(=O)NCC(=O)N(C)C)=C1CNC1. The average Bonchev–Trinajstić information content (AvgIpc) is 2.10. The Morgan fingerprint density at radius 1 is 1.40 bits per heavy atom. The second-order valence-corrected chi connectivity index (χ2v) is 3.80. The summed E-state index contributed by atoms with van der Waals surface area (Å²) < 4.78 is 0. The van der Waals surface area contributed by atoms with Crippen LogP contribution >= 0.6 is 0 Å². The molecule has 1 fully saturated rings. The van der Waals surface area contributed by atoms with Crippen LogP contribution in [-0.4, -0.2) is 50.4 Å². The number of amides is 2. The van der Waals surface area contributed by atoms with E-state index in [0.717, 1.165) is 24.2 Å². The van der Waals surface area contributed by atoms with Gasteiger partial charge in [0.1, 0.15) is 0 Å². The maximum absolute atomic E-state index is 11.5. The van der Waals surface area contributed by atoms with E-state index in [0.29, 0.717) is 0 Å². The molecule has 2 amide bonds. The fourth-order valence-electron chi connectivity index (χ4n) is 1.12. The number of carbonyl (C=O) groups excluding carboxylic acids is 2. The quantitative estimate of drug-likeness (QED) is 0.595. The largest absolute Gasteiger partial charge is 0.347 e. The third kappa shape index (κ3) is 3.06. The van der Waals surface area contributed by atoms with E-state index in [4.69, 9.17) is 0 Å². The summed E-state index contributed by atoms with van der Waals surface area (Å²) in [5.41, 5.74) is 1.84. The van der Waals surface area contributed by atoms with Gasteiger partial charge in [0.15, 0.2) is 0 Å². The molecule has 1 heterocycles. The third-order valence-corrected chi connectivity index (χ3v) is 2.45. The number of carbonyl (C=O) groups is 2. The van der Waals surface area contributed by atoms with Gasteiger partial charge in [-0.1, -0.05) is 0 Å². The molecule has 5 nitrogen and oxygen atoms in total. The molecule has 0 spiro atoms. The van der Waals surface area contributed by atoms with Gasteiger partial charge >= 0.3 is 0 Å². The summed E-state index contributed by atoms with van der Waals surface area (Å²) in [6.07, 6.45) is 0. The highest BCUT2D eigenvalue weighted by atomic mass is 16.2. The molecule has 1 aliphatic rings. The van der Waals surface area contributed by atoms with Crippen molar-refractivity contribution in [3.63, 3.8) is 0 Å². The first-order valence-electron chi connectivity index (χ1n) is 4.90. The number of likely N-dealkylation sites (N-methyl/N-ethyl adjacent to an activating group) is 1. The van der Waals surface area contributed by atoms with E-state index in [1.54, 1.807) is 21.0 Å². The standard InChI is InChI=1S/C10H17N3O2/c1-7(8-4-11-5-8)10(15)12-6-9(14)13(2)3/h11H,4-6H2,1-3H3,(H,12,15). The Morgan fingerprint density at radius 2 is 2.00 bits per heavy atom. The Morgan fingerprint density at radius 3 is 2.40 bits per heavy atom. The lowest BCUT2D eigenvalue weighted by atomic mass is 10.0. The van der Waals surface area contributed by atoms with E-state index in [2.05, 4.69) is 10.6 Å². The first kappa shape index (κ1) is 11.7. The van der Waals surface area contributed by atoms with E-state index < -0.39 is 0 Å². The molecule has 0 aromatic heterocycles. The van der Waals surface area contributed by atoms with Crippen molar-refractivity contribution >= 4 is 11.8 Å². The minimum Gasteiger partial charge on any atom is -0.347 e. The highest BCUT2D eigenvalue weighted by Gasteiger charge is 2.16. The maximum Gasteiger partial charge on any atom is 0.247 e. The van der Waals surface area contributed by atoms with Gasteiger partial charge in [-0.15, -0.1) is 0 Å². The van der Waals surface area contributed by atoms with Crippen LogP contribution < -0.4 is 10.6 Å². The summed E-state index contributed by atoms with van der Waals surface area (Å²) in [4.78, 5) is 24.2. The van der Waals surface area contributed by atoms with Crippen LogP contribution in [0.2, 0.25) is 0 Å². The summed E-state index contributed by atoms with van der Waals surface area (Å²) in [6.45, 7) is 3.40. The topological polar surface area (TPSA) is 61.4 Å². The summed E-state index contributed by atoms with van der Waals surface area (Å²) in [7, 11) is 3.32. The zero-order valence-electron chi connectivity index (χ0n) is 9.39. The van der Waals surface area contributed by atoms with Gasteiger partial charge in [0.05, 0.1) is 6.54 Å². The molecule has 0 atom stereocenters. The lowest BCUT2D eigenvalue weighted by Gasteiger charge is -2.21. The highest BCUT2D eigenvalue weighted by Crippen LogP contribution is 2.08. The molecule has 5 heteroatoms. The van der Waals surface area contributed by atoms with Gasteiger partial charge in [0, 0.05) is 32.8 Å². The zero-order chi connectivity index (χ0) is 11.4. The van der Waals surface area contributed by atoms with Gasteiger partial charge in [-0.25, -0.2) is 0 Å². The summed E-state index contributed by atoms with van der Waals surface area (Å²) in [6, 6.07) is 0. The van der Waals surface area contributed by atoms with Gasteiger partial charge in [0.2, 0.25) is 11.8 Å². The molecule has 84 valence electrons. The molecule has 0 unspecified atom stereocenters. The van der Waals surface area contributed by atoms with E-state index >= 15 is 0 Å². The highest BCUT2D eigenvalue weighted by molar-refractivity contribution is 5.96. The monoisotopic (exact) mass is 211 g/mol. The van der Waals surface area contributed by atoms with Crippen molar-refractivity contribution in [2.75, 3.05) is 33.7 Å². The molecule has 0 saturated carbocycles. The second kappa shape index (κ2) is 4.93. The second-order valence-electron chi connectivity index (χ2n) is 3.80. The van der Waals surface area contributed by atoms with Crippen molar-refractivity contribution in [2.45, 2.75) is 6.92 Å². The number of rotatable bonds is 3. The Hall–Kier alpha value is -1.36. The number of hydrogen-bond donors (Lipinski definition) is 2. The lowest BCUT2D eigenvalue weighted by Crippen LogP contribution is -2.40. The Bertz CT molecular complexity index is 302. The molecule has 0 bridgehead atoms. The fraction of sp³-hybridized carbons (Fsp3) is 0.600. The average molecular weight is 211 g/mol. The van der Waals surface area contributed by atoms with Crippen molar-refractivity contribution in [3.8, 4) is 0 Å². The predicted octanol–water partition coefficient (Wildman–Crippen LogP) is -0.889. The van der Waals surface area contributed by atoms with Crippen molar-refractivity contribution < 1.29 is 9.59 Å². The van der Waals surface area contributed by atoms with Crippen molar-refractivity contribution in [1.29, 1.82) is 0 Å². The van der Waals surface area contributed by atoms with E-state index in [9.17, 15) is 9.59 Å². The van der Waals surface area contributed by atoms with E-state index in [1.807, 2.05) is 0 Å². The van der Waals surface area contributed by atoms with Crippen LogP contribution in [0.25, 0.3) is 0 Å². The summed E-state index contributed by atoms with van der Waals surface area (Å²) in [5, 5.41) is 5.66. The minimum absolute atomic E-state index is 0.0594. The lowest BCUT2D eigenvalue weighted by molar-refractivity contribution is -0.130. The predicted molar refractivity (Wildman–Crippen MR) is 57.3 cm³/mol. The van der Waals surface area contributed by atoms with Crippen LogP contribution in [0.15, 0.2) is 11.1 Å². The van der Waals surface area contributed by atoms with Crippen molar-refractivity contribution in [1.82, 2.24) is 15.5 Å². The van der Waals surface area contributed by atoms with Crippen LogP contribution in [0.1, 0.15) is 6.92 Å². The number of hydrogen-bond acceptors (Lipinski definition) is 3. The van der Waals surface area contributed by atoms with E-state index in [1.165, 1.54) is 4.90 Å². The minimum atomic E-state index is -0.151. The molecule has 0 aromatic rings. The Labute approximate surface area is 89.5 Å². The van der Waals surface area contributed by atoms with Gasteiger partial charge in [0.25, 0.3) is 0 Å². The van der Waals surface area contributed by atoms with Crippen LogP contribution in [-0.2, 0) is 9.59 Å². The third-order valence-electron chi connectivity index (χ3n) is 2.45. The van der Waals surface area contributed by atoms with Gasteiger partial charge in [-0.2, -0.15) is 0 Å². The van der Waals surface area contributed by atoms with Crippen LogP contribution in [0.4, 0.5) is 0 Å². The molecule has 0 radical (unpaired) electrons. The molecule has 0 aromatic carbocycles. The maximum atomic E-state index is 11.5. The first-order chi connectivity index (χ1) is 7.02. The molecule has 0 aliphatic carbocycles. The first-order valence-corrected chi connectivity index (χ1v) is 4.90.